The van der Waals surface area contributed by atoms with Gasteiger partial charge in [0.25, 0.3) is 0 Å². The monoisotopic (exact) mass is 258 g/mol. The van der Waals surface area contributed by atoms with E-state index in [4.69, 9.17) is 4.52 Å². The molecule has 0 fully saturated rings. The number of nitrogens with zero attached hydrogens (tertiary/aromatic N) is 2. The standard InChI is InChI=1S/C11H18N2O3S/c1-4-11(5-2,10(14)15)6-9-12-8(7-17-3)13-16-9/h4-7H2,1-3H3,(H,14,15). The second kappa shape index (κ2) is 6.05. The number of carbonyl (C=O) groups is 1. The van der Waals surface area contributed by atoms with E-state index in [2.05, 4.69) is 10.1 Å². The van der Waals surface area contributed by atoms with Crippen molar-refractivity contribution in [3.05, 3.63) is 11.7 Å². The zero-order chi connectivity index (χ0) is 12.9. The fourth-order valence-corrected chi connectivity index (χ4v) is 2.09. The van der Waals surface area contributed by atoms with Crippen molar-refractivity contribution in [1.82, 2.24) is 10.1 Å². The van der Waals surface area contributed by atoms with Gasteiger partial charge in [0, 0.05) is 6.42 Å². The minimum atomic E-state index is -0.799. The maximum absolute atomic E-state index is 11.3. The Morgan fingerprint density at radius 3 is 2.59 bits per heavy atom. The van der Waals surface area contributed by atoms with Crippen LogP contribution in [0.1, 0.15) is 38.4 Å². The highest BCUT2D eigenvalue weighted by Crippen LogP contribution is 2.30. The van der Waals surface area contributed by atoms with Gasteiger partial charge in [-0.2, -0.15) is 16.7 Å². The van der Waals surface area contributed by atoms with E-state index in [1.54, 1.807) is 11.8 Å². The highest BCUT2D eigenvalue weighted by Gasteiger charge is 2.37. The Hall–Kier alpha value is -1.04. The Bertz CT molecular complexity index is 375. The first-order valence-corrected chi connectivity index (χ1v) is 7.01. The molecule has 0 radical (unpaired) electrons. The molecule has 0 amide bonds. The van der Waals surface area contributed by atoms with E-state index in [0.29, 0.717) is 36.7 Å². The predicted molar refractivity (Wildman–Crippen MR) is 65.9 cm³/mol. The van der Waals surface area contributed by atoms with Gasteiger partial charge < -0.3 is 9.63 Å². The number of hydrogen-bond acceptors (Lipinski definition) is 5. The van der Waals surface area contributed by atoms with Crippen LogP contribution in [0.3, 0.4) is 0 Å². The van der Waals surface area contributed by atoms with Crippen molar-refractivity contribution in [3.8, 4) is 0 Å². The smallest absolute Gasteiger partial charge is 0.310 e. The summed E-state index contributed by atoms with van der Waals surface area (Å²) in [6.07, 6.45) is 3.37. The van der Waals surface area contributed by atoms with Crippen LogP contribution in [0.5, 0.6) is 0 Å². The van der Waals surface area contributed by atoms with Crippen LogP contribution in [-0.2, 0) is 17.0 Å². The third kappa shape index (κ3) is 3.21. The number of aliphatic carboxylic acids is 1. The first-order chi connectivity index (χ1) is 8.07. The van der Waals surface area contributed by atoms with Gasteiger partial charge in [0.15, 0.2) is 5.82 Å². The van der Waals surface area contributed by atoms with Crippen LogP contribution in [0.15, 0.2) is 4.52 Å². The van der Waals surface area contributed by atoms with Crippen LogP contribution in [0, 0.1) is 5.41 Å². The van der Waals surface area contributed by atoms with Crippen molar-refractivity contribution in [3.63, 3.8) is 0 Å². The van der Waals surface area contributed by atoms with Gasteiger partial charge in [0.2, 0.25) is 5.89 Å². The fraction of sp³-hybridized carbons (Fsp3) is 0.727. The predicted octanol–water partition coefficient (Wildman–Crippen LogP) is 2.37. The van der Waals surface area contributed by atoms with E-state index in [0.717, 1.165) is 0 Å². The van der Waals surface area contributed by atoms with Crippen molar-refractivity contribution < 1.29 is 14.4 Å². The summed E-state index contributed by atoms with van der Waals surface area (Å²) in [5.41, 5.74) is -0.789. The molecule has 0 aliphatic rings. The van der Waals surface area contributed by atoms with Crippen molar-refractivity contribution in [2.24, 2.45) is 5.41 Å². The Morgan fingerprint density at radius 2 is 2.12 bits per heavy atom. The molecule has 0 aliphatic heterocycles. The van der Waals surface area contributed by atoms with Crippen LogP contribution in [0.4, 0.5) is 0 Å². The summed E-state index contributed by atoms with van der Waals surface area (Å²) in [6.45, 7) is 3.74. The van der Waals surface area contributed by atoms with Gasteiger partial charge in [-0.25, -0.2) is 0 Å². The first-order valence-electron chi connectivity index (χ1n) is 5.61. The molecule has 5 nitrogen and oxygen atoms in total. The van der Waals surface area contributed by atoms with Gasteiger partial charge in [-0.1, -0.05) is 19.0 Å². The molecule has 1 rings (SSSR count). The van der Waals surface area contributed by atoms with Crippen LogP contribution >= 0.6 is 11.8 Å². The van der Waals surface area contributed by atoms with Gasteiger partial charge in [0.1, 0.15) is 0 Å². The lowest BCUT2D eigenvalue weighted by Crippen LogP contribution is -2.32. The summed E-state index contributed by atoms with van der Waals surface area (Å²) in [6, 6.07) is 0. The third-order valence-electron chi connectivity index (χ3n) is 3.08. The minimum Gasteiger partial charge on any atom is -0.481 e. The summed E-state index contributed by atoms with van der Waals surface area (Å²) in [4.78, 5) is 15.5. The summed E-state index contributed by atoms with van der Waals surface area (Å²) in [7, 11) is 0. The van der Waals surface area contributed by atoms with E-state index in [-0.39, 0.29) is 0 Å². The molecular weight excluding hydrogens is 240 g/mol. The topological polar surface area (TPSA) is 76.2 Å². The number of carboxylic acid groups (broad SMARTS) is 1. The molecule has 17 heavy (non-hydrogen) atoms. The van der Waals surface area contributed by atoms with Gasteiger partial charge in [-0.05, 0) is 19.1 Å². The van der Waals surface area contributed by atoms with Crippen molar-refractivity contribution in [1.29, 1.82) is 0 Å². The van der Waals surface area contributed by atoms with E-state index >= 15 is 0 Å². The Balaban J connectivity index is 2.82. The second-order valence-corrected chi connectivity index (χ2v) is 4.87. The molecule has 0 aliphatic carbocycles. The molecule has 96 valence electrons. The largest absolute Gasteiger partial charge is 0.481 e. The van der Waals surface area contributed by atoms with E-state index in [1.165, 1.54) is 0 Å². The molecule has 0 saturated heterocycles. The van der Waals surface area contributed by atoms with Gasteiger partial charge in [0.05, 0.1) is 11.2 Å². The number of rotatable bonds is 7. The highest BCUT2D eigenvalue weighted by atomic mass is 32.2. The number of thioether (sulfide) groups is 1. The average Bonchev–Trinajstić information content (AvgIpc) is 2.73. The van der Waals surface area contributed by atoms with Crippen molar-refractivity contribution in [2.45, 2.75) is 38.9 Å². The summed E-state index contributed by atoms with van der Waals surface area (Å²) in [5, 5.41) is 13.1. The highest BCUT2D eigenvalue weighted by molar-refractivity contribution is 7.97. The molecular formula is C11H18N2O3S. The molecule has 1 heterocycles. The molecule has 0 unspecified atom stereocenters. The lowest BCUT2D eigenvalue weighted by Gasteiger charge is -2.24. The van der Waals surface area contributed by atoms with Crippen molar-refractivity contribution in [2.75, 3.05) is 6.26 Å². The Morgan fingerprint density at radius 1 is 1.47 bits per heavy atom. The quantitative estimate of drug-likeness (QED) is 0.809. The number of aromatic nitrogens is 2. The molecule has 0 saturated carbocycles. The van der Waals surface area contributed by atoms with Gasteiger partial charge >= 0.3 is 5.97 Å². The lowest BCUT2D eigenvalue weighted by atomic mass is 9.79. The van der Waals surface area contributed by atoms with E-state index in [1.807, 2.05) is 20.1 Å². The molecule has 1 aromatic rings. The number of hydrogen-bond donors (Lipinski definition) is 1. The minimum absolute atomic E-state index is 0.302. The number of carboxylic acids is 1. The average molecular weight is 258 g/mol. The third-order valence-corrected chi connectivity index (χ3v) is 3.63. The van der Waals surface area contributed by atoms with Crippen LogP contribution in [0.2, 0.25) is 0 Å². The summed E-state index contributed by atoms with van der Waals surface area (Å²) < 4.78 is 5.09. The Labute approximate surface area is 105 Å². The second-order valence-electron chi connectivity index (χ2n) is 4.01. The maximum Gasteiger partial charge on any atom is 0.310 e. The molecule has 0 bridgehead atoms. The normalized spacial score (nSPS) is 11.7. The van der Waals surface area contributed by atoms with Crippen LogP contribution < -0.4 is 0 Å². The maximum atomic E-state index is 11.3. The van der Waals surface area contributed by atoms with Crippen LogP contribution in [-0.4, -0.2) is 27.5 Å². The molecule has 0 aromatic carbocycles. The molecule has 1 N–H and O–H groups in total. The van der Waals surface area contributed by atoms with E-state index in [9.17, 15) is 9.90 Å². The SMILES string of the molecule is CCC(CC)(Cc1nc(CSC)no1)C(=O)O. The molecule has 0 atom stereocenters. The van der Waals surface area contributed by atoms with Crippen molar-refractivity contribution >= 4 is 17.7 Å². The zero-order valence-corrected chi connectivity index (χ0v) is 11.2. The Kier molecular flexibility index (Phi) is 4.99. The van der Waals surface area contributed by atoms with E-state index < -0.39 is 11.4 Å². The first kappa shape index (κ1) is 14.0. The van der Waals surface area contributed by atoms with Gasteiger partial charge in [-0.3, -0.25) is 4.79 Å². The molecule has 6 heteroatoms. The zero-order valence-electron chi connectivity index (χ0n) is 10.4. The molecule has 0 spiro atoms. The fourth-order valence-electron chi connectivity index (χ4n) is 1.72. The summed E-state index contributed by atoms with van der Waals surface area (Å²) >= 11 is 1.60. The van der Waals surface area contributed by atoms with Gasteiger partial charge in [-0.15, -0.1) is 0 Å². The summed E-state index contributed by atoms with van der Waals surface area (Å²) in [5.74, 6) is 0.924. The van der Waals surface area contributed by atoms with Crippen LogP contribution in [0.25, 0.3) is 0 Å². The molecule has 1 aromatic heterocycles. The lowest BCUT2D eigenvalue weighted by molar-refractivity contribution is -0.149.